The summed E-state index contributed by atoms with van der Waals surface area (Å²) in [5.41, 5.74) is 32.7. The van der Waals surface area contributed by atoms with Gasteiger partial charge in [-0.1, -0.05) is 227 Å². The summed E-state index contributed by atoms with van der Waals surface area (Å²) >= 11 is 0. The Morgan fingerprint density at radius 2 is 0.778 bits per heavy atom. The van der Waals surface area contributed by atoms with E-state index in [-0.39, 0.29) is 46.5 Å². The fraction of sp³-hybridized carbons (Fsp3) is 0.341. The molecule has 0 aliphatic carbocycles. The molecule has 12 rings (SSSR count). The predicted molar refractivity (Wildman–Crippen MR) is 399 cm³/mol. The van der Waals surface area contributed by atoms with Crippen LogP contribution in [-0.4, -0.2) is 28.6 Å². The minimum absolute atomic E-state index is 0.0538. The van der Waals surface area contributed by atoms with E-state index in [2.05, 4.69) is 325 Å². The van der Waals surface area contributed by atoms with E-state index in [1.165, 1.54) is 155 Å². The van der Waals surface area contributed by atoms with Crippen molar-refractivity contribution in [1.29, 1.82) is 0 Å². The van der Waals surface area contributed by atoms with E-state index in [0.717, 1.165) is 11.4 Å². The van der Waals surface area contributed by atoms with E-state index < -0.39 is 0 Å². The smallest absolute Gasteiger partial charge is 0.247 e. The Bertz CT molecular complexity index is 4390. The molecule has 2 aromatic heterocycles. The zero-order valence-electron chi connectivity index (χ0n) is 58.7. The van der Waals surface area contributed by atoms with Crippen LogP contribution < -0.4 is 32.2 Å². The number of fused-ring (bicyclic) bond motifs is 8. The highest BCUT2D eigenvalue weighted by Gasteiger charge is 2.42. The molecule has 0 fully saturated rings. The Hall–Kier alpha value is -7.75. The van der Waals surface area contributed by atoms with E-state index in [1.54, 1.807) is 0 Å². The normalized spacial score (nSPS) is 13.4. The van der Waals surface area contributed by atoms with Crippen LogP contribution in [0.25, 0.3) is 66.1 Å². The third kappa shape index (κ3) is 10.5. The van der Waals surface area contributed by atoms with Gasteiger partial charge in [-0.05, 0) is 199 Å². The van der Waals surface area contributed by atoms with E-state index in [0.29, 0.717) is 0 Å². The number of nitrogens with zero attached hydrogens (tertiary/aromatic N) is 3. The van der Waals surface area contributed by atoms with Crippen molar-refractivity contribution in [3.63, 3.8) is 0 Å². The second kappa shape index (κ2) is 21.7. The highest BCUT2D eigenvalue weighted by atomic mass is 15.2. The Morgan fingerprint density at radius 3 is 1.14 bits per heavy atom. The van der Waals surface area contributed by atoms with Crippen LogP contribution in [0.1, 0.15) is 179 Å². The number of anilines is 2. The molecule has 0 radical (unpaired) electrons. The van der Waals surface area contributed by atoms with Gasteiger partial charge >= 0.3 is 0 Å². The van der Waals surface area contributed by atoms with Gasteiger partial charge in [0, 0.05) is 44.5 Å². The van der Waals surface area contributed by atoms with Crippen molar-refractivity contribution >= 4 is 95.7 Å². The summed E-state index contributed by atoms with van der Waals surface area (Å²) in [7, 11) is 0. The monoisotopic (exact) mass is 1180 g/mol. The number of rotatable bonds is 8. The van der Waals surface area contributed by atoms with Gasteiger partial charge in [0.15, 0.2) is 0 Å². The number of hydrogen-bond acceptors (Lipinski definition) is 1. The average molecular weight is 1180 g/mol. The molecule has 0 saturated carbocycles. The zero-order chi connectivity index (χ0) is 65.0. The van der Waals surface area contributed by atoms with E-state index in [9.17, 15) is 0 Å². The molecule has 0 N–H and O–H groups in total. The summed E-state index contributed by atoms with van der Waals surface area (Å²) in [6.45, 7) is 58.4. The van der Waals surface area contributed by atoms with Crippen LogP contribution in [-0.2, 0) is 27.1 Å². The summed E-state index contributed by atoms with van der Waals surface area (Å²) in [5.74, 6) is 2.25. The molecule has 0 atom stereocenters. The SMILES string of the molecule is C=CB(c1cc(-c2c(-n3c4ccc(C(C)(C)C)cc4c4cc(C(C)(C)C)ccc43)cccc2-n2c3ccc(C(C)(C)C)cc3c3cc(C(C)(C)C)ccc32)cc2c1N(C(C)C)c1ccc(C(C)(C)C)cc1B2c1c(C)cc(C)cc1C)c1c(C)cc(C)cc1C. The topological polar surface area (TPSA) is 13.1 Å². The van der Waals surface area contributed by atoms with E-state index in [1.807, 2.05) is 0 Å². The number of hydrogen-bond donors (Lipinski definition) is 0. The lowest BCUT2D eigenvalue weighted by Gasteiger charge is -2.43. The Kier molecular flexibility index (Phi) is 15.1. The van der Waals surface area contributed by atoms with E-state index >= 15 is 0 Å². The van der Waals surface area contributed by atoms with Crippen molar-refractivity contribution in [2.75, 3.05) is 4.90 Å². The fourth-order valence-electron chi connectivity index (χ4n) is 15.5. The maximum absolute atomic E-state index is 4.86. The van der Waals surface area contributed by atoms with Crippen LogP contribution in [0.4, 0.5) is 11.4 Å². The largest absolute Gasteiger partial charge is 0.340 e. The molecule has 11 aromatic rings. The first-order valence-corrected chi connectivity index (χ1v) is 33.3. The average Bonchev–Trinajstić information content (AvgIpc) is 1.10. The van der Waals surface area contributed by atoms with Crippen LogP contribution in [0, 0.1) is 41.5 Å². The molecule has 1 aliphatic rings. The number of aryl methyl sites for hydroxylation is 6. The summed E-state index contributed by atoms with van der Waals surface area (Å²) in [4.78, 5) is 2.70. The molecular weight excluding hydrogens is 1080 g/mol. The van der Waals surface area contributed by atoms with Gasteiger partial charge in [0.2, 0.25) is 13.4 Å². The quantitative estimate of drug-likeness (QED) is 0.138. The number of benzene rings is 9. The van der Waals surface area contributed by atoms with Crippen LogP contribution in [0.15, 0.2) is 158 Å². The Balaban J connectivity index is 1.33. The zero-order valence-corrected chi connectivity index (χ0v) is 58.7. The van der Waals surface area contributed by atoms with Crippen molar-refractivity contribution < 1.29 is 0 Å². The van der Waals surface area contributed by atoms with Gasteiger partial charge in [-0.3, -0.25) is 0 Å². The molecule has 0 bridgehead atoms. The second-order valence-corrected chi connectivity index (χ2v) is 32.5. The van der Waals surface area contributed by atoms with Gasteiger partial charge in [0.05, 0.1) is 33.4 Å². The fourth-order valence-corrected chi connectivity index (χ4v) is 15.5. The van der Waals surface area contributed by atoms with Crippen LogP contribution in [0.2, 0.25) is 0 Å². The first-order valence-electron chi connectivity index (χ1n) is 33.3. The Morgan fingerprint density at radius 1 is 0.411 bits per heavy atom. The molecule has 0 saturated heterocycles. The molecule has 0 amide bonds. The first-order chi connectivity index (χ1) is 42.1. The molecule has 90 heavy (non-hydrogen) atoms. The van der Waals surface area contributed by atoms with Gasteiger partial charge in [-0.2, -0.15) is 0 Å². The first kappa shape index (κ1) is 62.4. The van der Waals surface area contributed by atoms with Gasteiger partial charge in [0.25, 0.3) is 0 Å². The standard InChI is InChI=1S/C85H97B2N3/c1-25-86(78-53(6)39-51(4)40-54(78)7)68-43-57(44-69-80(68)88(50(2)3)74-38-33-62(85(22,23)24)49-67(74)87(69)79-55(8)41-52(5)42-56(79)9)77-75(89-70-34-29-58(81(10,11)12)45-63(70)64-46-59(82(13,14)15)30-35-71(64)89)27-26-28-76(77)90-72-36-31-60(83(16,17)18)47-65(72)66-48-61(84(19,20)21)32-37-73(66)90/h25-50H,1H2,2-24H3. The van der Waals surface area contributed by atoms with Crippen molar-refractivity contribution in [3.05, 3.63) is 219 Å². The molecule has 0 unspecified atom stereocenters. The lowest BCUT2D eigenvalue weighted by atomic mass is 9.31. The molecule has 5 heteroatoms. The molecule has 3 heterocycles. The van der Waals surface area contributed by atoms with Gasteiger partial charge in [0.1, 0.15) is 0 Å². The highest BCUT2D eigenvalue weighted by Crippen LogP contribution is 2.46. The third-order valence-electron chi connectivity index (χ3n) is 20.1. The van der Waals surface area contributed by atoms with Crippen molar-refractivity contribution in [3.8, 4) is 22.5 Å². The summed E-state index contributed by atoms with van der Waals surface area (Å²) in [6, 6.07) is 58.8. The third-order valence-corrected chi connectivity index (χ3v) is 20.1. The highest BCUT2D eigenvalue weighted by molar-refractivity contribution is 7.00. The predicted octanol–water partition coefficient (Wildman–Crippen LogP) is 19.6. The molecule has 1 aliphatic heterocycles. The van der Waals surface area contributed by atoms with Crippen molar-refractivity contribution in [1.82, 2.24) is 9.13 Å². The summed E-state index contributed by atoms with van der Waals surface area (Å²) in [5, 5.41) is 5.09. The van der Waals surface area contributed by atoms with E-state index in [4.69, 9.17) is 6.58 Å². The summed E-state index contributed by atoms with van der Waals surface area (Å²) in [6.07, 6.45) is 0. The molecule has 458 valence electrons. The second-order valence-electron chi connectivity index (χ2n) is 32.5. The van der Waals surface area contributed by atoms with Crippen molar-refractivity contribution in [2.45, 2.75) is 192 Å². The molecule has 3 nitrogen and oxygen atoms in total. The lowest BCUT2D eigenvalue weighted by Crippen LogP contribution is -2.63. The summed E-state index contributed by atoms with van der Waals surface area (Å²) < 4.78 is 5.25. The van der Waals surface area contributed by atoms with Gasteiger partial charge < -0.3 is 14.0 Å². The Labute approximate surface area is 540 Å². The van der Waals surface area contributed by atoms with Crippen molar-refractivity contribution in [2.24, 2.45) is 0 Å². The maximum atomic E-state index is 4.86. The number of aromatic nitrogens is 2. The molecule has 0 spiro atoms. The van der Waals surface area contributed by atoms with Crippen LogP contribution >= 0.6 is 0 Å². The van der Waals surface area contributed by atoms with Crippen LogP contribution in [0.3, 0.4) is 0 Å². The van der Waals surface area contributed by atoms with Gasteiger partial charge in [-0.25, -0.2) is 0 Å². The molecular formula is C85H97B2N3. The molecule has 9 aromatic carbocycles. The van der Waals surface area contributed by atoms with Gasteiger partial charge in [-0.15, -0.1) is 12.6 Å². The lowest BCUT2D eigenvalue weighted by molar-refractivity contribution is 0.590. The minimum atomic E-state index is -0.160. The van der Waals surface area contributed by atoms with Crippen LogP contribution in [0.5, 0.6) is 0 Å². The maximum Gasteiger partial charge on any atom is 0.247 e. The minimum Gasteiger partial charge on any atom is -0.340 e.